The molecule has 3 N–H and O–H groups in total. The van der Waals surface area contributed by atoms with Gasteiger partial charge in [-0.2, -0.15) is 0 Å². The molecule has 1 spiro atoms. The summed E-state index contributed by atoms with van der Waals surface area (Å²) in [5.74, 6) is 0.309. The second kappa shape index (κ2) is 7.07. The zero-order valence-electron chi connectivity index (χ0n) is 20.0. The van der Waals surface area contributed by atoms with Gasteiger partial charge in [0.05, 0.1) is 6.10 Å². The van der Waals surface area contributed by atoms with E-state index in [0.29, 0.717) is 30.0 Å². The first kappa shape index (κ1) is 22.1. The summed E-state index contributed by atoms with van der Waals surface area (Å²) in [7, 11) is 0. The third-order valence-corrected chi connectivity index (χ3v) is 9.74. The first-order valence-electron chi connectivity index (χ1n) is 12.5. The van der Waals surface area contributed by atoms with Crippen LogP contribution >= 0.6 is 0 Å². The van der Waals surface area contributed by atoms with Crippen LogP contribution in [-0.4, -0.2) is 30.1 Å². The Balaban J connectivity index is 1.29. The molecule has 1 heterocycles. The highest BCUT2D eigenvalue weighted by molar-refractivity contribution is 5.55. The maximum atomic E-state index is 17.1. The standard InChI is InChI=1S/C29H34F2N2O/c1-16-9-10-28-23(11-16)24(30)13-22-21-12-17(2)26(27(21,4)14-25(34-28)29(22,28)31)18(3)15-33-20-7-5-19(32)6-8-20/h5-11,17,21-22,24-26,33H,1,3,12-15,32H2,2,4H3/t17-,21?,22?,24+,25?,26?,27?,28?,29+/m1/s1. The van der Waals surface area contributed by atoms with Crippen molar-refractivity contribution in [2.24, 2.45) is 29.1 Å². The SMILES string of the molecule is C=C1C=CC23OC4CC5(C)C(C[C@@H](C)C5C(=C)CNc5ccc(N)cc5)C(C[C@H](F)C2=C1)[C@]43F. The van der Waals surface area contributed by atoms with E-state index in [9.17, 15) is 0 Å². The van der Waals surface area contributed by atoms with Gasteiger partial charge in [0.15, 0.2) is 5.67 Å². The number of anilines is 2. The summed E-state index contributed by atoms with van der Waals surface area (Å²) < 4.78 is 39.0. The number of benzene rings is 1. The van der Waals surface area contributed by atoms with E-state index in [-0.39, 0.29) is 29.6 Å². The quantitative estimate of drug-likeness (QED) is 0.413. The van der Waals surface area contributed by atoms with Crippen molar-refractivity contribution in [3.8, 4) is 0 Å². The fourth-order valence-corrected chi connectivity index (χ4v) is 8.50. The molecule has 5 heteroatoms. The van der Waals surface area contributed by atoms with Crippen molar-refractivity contribution in [3.63, 3.8) is 0 Å². The van der Waals surface area contributed by atoms with Crippen LogP contribution in [0.4, 0.5) is 20.2 Å². The number of halogens is 2. The molecule has 5 aliphatic rings. The maximum Gasteiger partial charge on any atom is 0.176 e. The number of ether oxygens (including phenoxy) is 1. The van der Waals surface area contributed by atoms with Crippen LogP contribution in [0.15, 0.2) is 72.4 Å². The van der Waals surface area contributed by atoms with Crippen molar-refractivity contribution in [2.75, 3.05) is 17.6 Å². The Labute approximate surface area is 200 Å². The van der Waals surface area contributed by atoms with Crippen molar-refractivity contribution < 1.29 is 13.5 Å². The summed E-state index contributed by atoms with van der Waals surface area (Å²) in [5.41, 5.74) is 6.81. The fraction of sp³-hybridized carbons (Fsp3) is 0.517. The van der Waals surface area contributed by atoms with Gasteiger partial charge < -0.3 is 15.8 Å². The van der Waals surface area contributed by atoms with Crippen LogP contribution < -0.4 is 11.1 Å². The van der Waals surface area contributed by atoms with E-state index >= 15 is 8.78 Å². The molecular weight excluding hydrogens is 430 g/mol. The predicted octanol–water partition coefficient (Wildman–Crippen LogP) is 6.18. The maximum absolute atomic E-state index is 17.1. The summed E-state index contributed by atoms with van der Waals surface area (Å²) in [6.45, 7) is 13.6. The Hall–Kier alpha value is -2.40. The number of hydrogen-bond donors (Lipinski definition) is 2. The number of nitrogens with one attached hydrogen (secondary N) is 1. The first-order chi connectivity index (χ1) is 16.1. The van der Waals surface area contributed by atoms with Gasteiger partial charge >= 0.3 is 0 Å². The van der Waals surface area contributed by atoms with Crippen LogP contribution in [0, 0.1) is 29.1 Å². The van der Waals surface area contributed by atoms with Crippen molar-refractivity contribution in [2.45, 2.75) is 56.7 Å². The molecule has 3 nitrogen and oxygen atoms in total. The Bertz CT molecular complexity index is 1130. The van der Waals surface area contributed by atoms with Crippen LogP contribution in [-0.2, 0) is 4.74 Å². The van der Waals surface area contributed by atoms with E-state index in [4.69, 9.17) is 10.5 Å². The number of rotatable bonds is 4. The number of alkyl halides is 2. The predicted molar refractivity (Wildman–Crippen MR) is 133 cm³/mol. The van der Waals surface area contributed by atoms with E-state index in [1.54, 1.807) is 18.2 Å². The van der Waals surface area contributed by atoms with Crippen LogP contribution in [0.25, 0.3) is 0 Å². The molecule has 1 aromatic carbocycles. The summed E-state index contributed by atoms with van der Waals surface area (Å²) in [6.07, 6.45) is 5.27. The van der Waals surface area contributed by atoms with Gasteiger partial charge in [0.25, 0.3) is 0 Å². The summed E-state index contributed by atoms with van der Waals surface area (Å²) in [5, 5.41) is 3.47. The summed E-state index contributed by atoms with van der Waals surface area (Å²) in [4.78, 5) is 0. The minimum Gasteiger partial charge on any atom is -0.399 e. The smallest absolute Gasteiger partial charge is 0.176 e. The third-order valence-electron chi connectivity index (χ3n) is 9.74. The second-order valence-electron chi connectivity index (χ2n) is 11.6. The molecule has 4 fully saturated rings. The highest BCUT2D eigenvalue weighted by atomic mass is 19.1. The van der Waals surface area contributed by atoms with Crippen molar-refractivity contribution >= 4 is 11.4 Å². The van der Waals surface area contributed by atoms with E-state index in [1.165, 1.54) is 0 Å². The fourth-order valence-electron chi connectivity index (χ4n) is 8.50. The molecule has 6 unspecified atom stereocenters. The summed E-state index contributed by atoms with van der Waals surface area (Å²) >= 11 is 0. The topological polar surface area (TPSA) is 47.3 Å². The average molecular weight is 465 g/mol. The van der Waals surface area contributed by atoms with Crippen LogP contribution in [0.5, 0.6) is 0 Å². The van der Waals surface area contributed by atoms with E-state index in [2.05, 4.69) is 32.3 Å². The van der Waals surface area contributed by atoms with Crippen LogP contribution in [0.2, 0.25) is 0 Å². The molecule has 0 radical (unpaired) electrons. The van der Waals surface area contributed by atoms with Crippen molar-refractivity contribution in [1.82, 2.24) is 0 Å². The van der Waals surface area contributed by atoms with Gasteiger partial charge in [0, 0.05) is 29.4 Å². The lowest BCUT2D eigenvalue weighted by molar-refractivity contribution is -0.354. The highest BCUT2D eigenvalue weighted by Gasteiger charge is 2.81. The normalized spacial score (nSPS) is 46.0. The Morgan fingerprint density at radius 1 is 1.24 bits per heavy atom. The Kier molecular flexibility index (Phi) is 4.59. The molecule has 34 heavy (non-hydrogen) atoms. The average Bonchev–Trinajstić information content (AvgIpc) is 3.06. The zero-order chi connectivity index (χ0) is 24.0. The molecule has 1 aromatic rings. The van der Waals surface area contributed by atoms with Gasteiger partial charge in [-0.3, -0.25) is 0 Å². The second-order valence-corrected chi connectivity index (χ2v) is 11.6. The molecule has 4 aliphatic carbocycles. The molecule has 0 aromatic heterocycles. The van der Waals surface area contributed by atoms with Crippen molar-refractivity contribution in [3.05, 3.63) is 72.4 Å². The van der Waals surface area contributed by atoms with Crippen LogP contribution in [0.3, 0.4) is 0 Å². The monoisotopic (exact) mass is 464 g/mol. The molecular formula is C29H34F2N2O. The molecule has 9 atom stereocenters. The number of nitrogen functional groups attached to an aromatic ring is 1. The van der Waals surface area contributed by atoms with Gasteiger partial charge in [-0.15, -0.1) is 0 Å². The minimum absolute atomic E-state index is 0.0983. The Morgan fingerprint density at radius 2 is 1.97 bits per heavy atom. The van der Waals surface area contributed by atoms with Crippen LogP contribution in [0.1, 0.15) is 33.1 Å². The summed E-state index contributed by atoms with van der Waals surface area (Å²) in [6, 6.07) is 7.68. The molecule has 0 bridgehead atoms. The van der Waals surface area contributed by atoms with Gasteiger partial charge in [0.2, 0.25) is 0 Å². The number of fused-ring (bicyclic) bond motifs is 2. The van der Waals surface area contributed by atoms with Crippen molar-refractivity contribution in [1.29, 1.82) is 0 Å². The van der Waals surface area contributed by atoms with E-state index < -0.39 is 23.5 Å². The molecule has 180 valence electrons. The third kappa shape index (κ3) is 2.65. The number of allylic oxidation sites excluding steroid dienone is 3. The van der Waals surface area contributed by atoms with E-state index in [1.807, 2.05) is 24.3 Å². The zero-order valence-corrected chi connectivity index (χ0v) is 20.0. The Morgan fingerprint density at radius 3 is 2.71 bits per heavy atom. The molecule has 3 saturated carbocycles. The van der Waals surface area contributed by atoms with Gasteiger partial charge in [-0.1, -0.05) is 44.7 Å². The lowest BCUT2D eigenvalue weighted by Gasteiger charge is -2.71. The largest absolute Gasteiger partial charge is 0.399 e. The highest BCUT2D eigenvalue weighted by Crippen LogP contribution is 2.74. The first-order valence-corrected chi connectivity index (χ1v) is 12.5. The molecule has 1 aliphatic heterocycles. The lowest BCUT2D eigenvalue weighted by Crippen LogP contribution is -2.81. The number of nitrogens with two attached hydrogens (primary N) is 1. The van der Waals surface area contributed by atoms with Gasteiger partial charge in [0.1, 0.15) is 11.8 Å². The molecule has 6 rings (SSSR count). The van der Waals surface area contributed by atoms with Gasteiger partial charge in [-0.25, -0.2) is 8.78 Å². The lowest BCUT2D eigenvalue weighted by atomic mass is 9.44. The number of hydrogen-bond acceptors (Lipinski definition) is 3. The van der Waals surface area contributed by atoms with Gasteiger partial charge in [-0.05, 0) is 78.3 Å². The molecule has 1 saturated heterocycles. The molecule has 0 amide bonds. The van der Waals surface area contributed by atoms with E-state index in [0.717, 1.165) is 23.4 Å². The minimum atomic E-state index is -1.55.